The molecule has 0 fully saturated rings. The molecule has 1 heterocycles. The number of benzene rings is 1. The molecule has 0 aliphatic carbocycles. The summed E-state index contributed by atoms with van der Waals surface area (Å²) in [7, 11) is 3.41. The minimum absolute atomic E-state index is 0.128. The van der Waals surface area contributed by atoms with Crippen LogP contribution in [-0.4, -0.2) is 29.3 Å². The zero-order chi connectivity index (χ0) is 13.7. The average Bonchev–Trinajstić information content (AvgIpc) is 2.82. The van der Waals surface area contributed by atoms with Crippen molar-refractivity contribution < 1.29 is 9.53 Å². The second kappa shape index (κ2) is 5.90. The number of aromatic nitrogens is 2. The van der Waals surface area contributed by atoms with Gasteiger partial charge in [0.05, 0.1) is 25.5 Å². The fourth-order valence-corrected chi connectivity index (χ4v) is 1.60. The van der Waals surface area contributed by atoms with Crippen molar-refractivity contribution in [3.63, 3.8) is 0 Å². The predicted octanol–water partition coefficient (Wildman–Crippen LogP) is 1.48. The quantitative estimate of drug-likeness (QED) is 0.854. The van der Waals surface area contributed by atoms with Gasteiger partial charge in [-0.15, -0.1) is 0 Å². The monoisotopic (exact) mass is 260 g/mol. The molecular formula is C13H16N4O2. The van der Waals surface area contributed by atoms with Crippen molar-refractivity contribution in [2.75, 3.05) is 24.3 Å². The minimum atomic E-state index is -0.128. The topological polar surface area (TPSA) is 68.2 Å². The second-order valence-corrected chi connectivity index (χ2v) is 4.04. The maximum absolute atomic E-state index is 11.8. The molecule has 0 saturated carbocycles. The highest BCUT2D eigenvalue weighted by Crippen LogP contribution is 2.16. The number of nitrogens with zero attached hydrogens (tertiary/aromatic N) is 2. The van der Waals surface area contributed by atoms with Crippen LogP contribution >= 0.6 is 0 Å². The van der Waals surface area contributed by atoms with Gasteiger partial charge >= 0.3 is 0 Å². The SMILES string of the molecule is COc1cccc(NC(=O)CNc2cnn(C)c2)c1. The Balaban J connectivity index is 1.86. The van der Waals surface area contributed by atoms with Gasteiger partial charge in [0.2, 0.25) is 5.91 Å². The molecule has 0 aliphatic heterocycles. The largest absolute Gasteiger partial charge is 0.497 e. The summed E-state index contributed by atoms with van der Waals surface area (Å²) in [4.78, 5) is 11.8. The van der Waals surface area contributed by atoms with Crippen LogP contribution in [0.4, 0.5) is 11.4 Å². The number of carbonyl (C=O) groups excluding carboxylic acids is 1. The molecule has 2 N–H and O–H groups in total. The van der Waals surface area contributed by atoms with Crippen LogP contribution in [0.1, 0.15) is 0 Å². The number of carbonyl (C=O) groups is 1. The van der Waals surface area contributed by atoms with Crippen molar-refractivity contribution in [1.82, 2.24) is 9.78 Å². The molecule has 0 aliphatic rings. The zero-order valence-corrected chi connectivity index (χ0v) is 10.9. The van der Waals surface area contributed by atoms with Gasteiger partial charge in [-0.1, -0.05) is 6.07 Å². The molecule has 2 rings (SSSR count). The van der Waals surface area contributed by atoms with Crippen LogP contribution in [0.5, 0.6) is 5.75 Å². The van der Waals surface area contributed by atoms with Gasteiger partial charge in [0.1, 0.15) is 5.75 Å². The van der Waals surface area contributed by atoms with Gasteiger partial charge < -0.3 is 15.4 Å². The van der Waals surface area contributed by atoms with Crippen LogP contribution < -0.4 is 15.4 Å². The number of nitrogens with one attached hydrogen (secondary N) is 2. The maximum atomic E-state index is 11.8. The first-order valence-corrected chi connectivity index (χ1v) is 5.84. The van der Waals surface area contributed by atoms with E-state index in [9.17, 15) is 4.79 Å². The summed E-state index contributed by atoms with van der Waals surface area (Å²) < 4.78 is 6.76. The lowest BCUT2D eigenvalue weighted by Gasteiger charge is -2.07. The van der Waals surface area contributed by atoms with Crippen LogP contribution in [0.15, 0.2) is 36.7 Å². The number of hydrogen-bond acceptors (Lipinski definition) is 4. The molecule has 6 nitrogen and oxygen atoms in total. The third-order valence-electron chi connectivity index (χ3n) is 2.51. The van der Waals surface area contributed by atoms with Gasteiger partial charge in [0.25, 0.3) is 0 Å². The Morgan fingerprint density at radius 3 is 2.95 bits per heavy atom. The van der Waals surface area contributed by atoms with Gasteiger partial charge in [-0.05, 0) is 12.1 Å². The van der Waals surface area contributed by atoms with Gasteiger partial charge in [0, 0.05) is 25.0 Å². The maximum Gasteiger partial charge on any atom is 0.243 e. The van der Waals surface area contributed by atoms with E-state index in [1.807, 2.05) is 25.2 Å². The number of hydrogen-bond donors (Lipinski definition) is 2. The summed E-state index contributed by atoms with van der Waals surface area (Å²) in [5.74, 6) is 0.579. The molecule has 0 unspecified atom stereocenters. The first-order valence-electron chi connectivity index (χ1n) is 5.84. The van der Waals surface area contributed by atoms with Gasteiger partial charge in [-0.2, -0.15) is 5.10 Å². The third kappa shape index (κ3) is 3.74. The molecule has 1 aromatic heterocycles. The van der Waals surface area contributed by atoms with Crippen LogP contribution in [0.2, 0.25) is 0 Å². The molecule has 0 atom stereocenters. The summed E-state index contributed by atoms with van der Waals surface area (Å²) in [5, 5.41) is 9.78. The number of amides is 1. The van der Waals surface area contributed by atoms with Crippen molar-refractivity contribution in [2.45, 2.75) is 0 Å². The molecule has 6 heteroatoms. The second-order valence-electron chi connectivity index (χ2n) is 4.04. The van der Waals surface area contributed by atoms with Crippen LogP contribution in [0, 0.1) is 0 Å². The van der Waals surface area contributed by atoms with E-state index in [4.69, 9.17) is 4.74 Å². The zero-order valence-electron chi connectivity index (χ0n) is 10.9. The fourth-order valence-electron chi connectivity index (χ4n) is 1.60. The predicted molar refractivity (Wildman–Crippen MR) is 73.3 cm³/mol. The Morgan fingerprint density at radius 2 is 2.26 bits per heavy atom. The number of anilines is 2. The molecular weight excluding hydrogens is 244 g/mol. The van der Waals surface area contributed by atoms with Gasteiger partial charge in [-0.25, -0.2) is 0 Å². The molecule has 1 amide bonds. The molecule has 1 aromatic carbocycles. The van der Waals surface area contributed by atoms with E-state index in [0.717, 1.165) is 5.69 Å². The highest BCUT2D eigenvalue weighted by Gasteiger charge is 2.04. The lowest BCUT2D eigenvalue weighted by atomic mass is 10.3. The van der Waals surface area contributed by atoms with Crippen molar-refractivity contribution >= 4 is 17.3 Å². The standard InChI is InChI=1S/C13H16N4O2/c1-17-9-11(7-15-17)14-8-13(18)16-10-4-3-5-12(6-10)19-2/h3-7,9,14H,8H2,1-2H3,(H,16,18). The fraction of sp³-hybridized carbons (Fsp3) is 0.231. The Hall–Kier alpha value is -2.50. The van der Waals surface area contributed by atoms with Crippen molar-refractivity contribution in [2.24, 2.45) is 7.05 Å². The van der Waals surface area contributed by atoms with E-state index < -0.39 is 0 Å². The lowest BCUT2D eigenvalue weighted by molar-refractivity contribution is -0.114. The Bertz CT molecular complexity index is 565. The molecule has 100 valence electrons. The number of ether oxygens (including phenoxy) is 1. The smallest absolute Gasteiger partial charge is 0.243 e. The Morgan fingerprint density at radius 1 is 1.42 bits per heavy atom. The van der Waals surface area contributed by atoms with Gasteiger partial charge in [0.15, 0.2) is 0 Å². The van der Waals surface area contributed by atoms with E-state index in [2.05, 4.69) is 15.7 Å². The first-order chi connectivity index (χ1) is 9.17. The van der Waals surface area contributed by atoms with Gasteiger partial charge in [-0.3, -0.25) is 9.48 Å². The normalized spacial score (nSPS) is 10.0. The van der Waals surface area contributed by atoms with Crippen LogP contribution in [0.3, 0.4) is 0 Å². The highest BCUT2D eigenvalue weighted by atomic mass is 16.5. The summed E-state index contributed by atoms with van der Waals surface area (Å²) in [5.41, 5.74) is 1.51. The number of aryl methyl sites for hydroxylation is 1. The first kappa shape index (κ1) is 12.9. The molecule has 2 aromatic rings. The van der Waals surface area contributed by atoms with Crippen molar-refractivity contribution in [3.05, 3.63) is 36.7 Å². The summed E-state index contributed by atoms with van der Waals surface area (Å²) in [6.45, 7) is 0.183. The molecule has 0 saturated heterocycles. The third-order valence-corrected chi connectivity index (χ3v) is 2.51. The Labute approximate surface area is 111 Å². The van der Waals surface area contributed by atoms with Crippen molar-refractivity contribution in [1.29, 1.82) is 0 Å². The van der Waals surface area contributed by atoms with E-state index in [-0.39, 0.29) is 12.5 Å². The van der Waals surface area contributed by atoms with E-state index >= 15 is 0 Å². The van der Waals surface area contributed by atoms with Crippen molar-refractivity contribution in [3.8, 4) is 5.75 Å². The Kier molecular flexibility index (Phi) is 4.02. The molecule has 0 spiro atoms. The number of methoxy groups -OCH3 is 1. The molecule has 19 heavy (non-hydrogen) atoms. The van der Waals surface area contributed by atoms with E-state index in [1.165, 1.54) is 0 Å². The summed E-state index contributed by atoms with van der Waals surface area (Å²) >= 11 is 0. The average molecular weight is 260 g/mol. The minimum Gasteiger partial charge on any atom is -0.497 e. The summed E-state index contributed by atoms with van der Waals surface area (Å²) in [6.07, 6.45) is 3.47. The highest BCUT2D eigenvalue weighted by molar-refractivity contribution is 5.93. The van der Waals surface area contributed by atoms with E-state index in [1.54, 1.807) is 30.3 Å². The lowest BCUT2D eigenvalue weighted by Crippen LogP contribution is -2.21. The van der Waals surface area contributed by atoms with Crippen LogP contribution in [0.25, 0.3) is 0 Å². The number of rotatable bonds is 5. The molecule has 0 radical (unpaired) electrons. The van der Waals surface area contributed by atoms with Crippen LogP contribution in [-0.2, 0) is 11.8 Å². The summed E-state index contributed by atoms with van der Waals surface area (Å²) in [6, 6.07) is 7.22. The van der Waals surface area contributed by atoms with E-state index in [0.29, 0.717) is 11.4 Å². The molecule has 0 bridgehead atoms.